The molecule has 6 rings (SSSR count). The van der Waals surface area contributed by atoms with Crippen molar-refractivity contribution in [1.29, 1.82) is 0 Å². The zero-order chi connectivity index (χ0) is 23.4. The van der Waals surface area contributed by atoms with Crippen LogP contribution in [0.2, 0.25) is 5.02 Å². The van der Waals surface area contributed by atoms with Crippen LogP contribution in [0.5, 0.6) is 0 Å². The van der Waals surface area contributed by atoms with Crippen molar-refractivity contribution in [3.63, 3.8) is 0 Å². The average Bonchev–Trinajstić information content (AvgIpc) is 3.56. The van der Waals surface area contributed by atoms with Crippen LogP contribution in [0.3, 0.4) is 0 Å². The number of hydrogen-bond acceptors (Lipinski definition) is 5. The second-order valence-electron chi connectivity index (χ2n) is 9.35. The first kappa shape index (κ1) is 21.6. The van der Waals surface area contributed by atoms with Crippen molar-refractivity contribution in [3.8, 4) is 11.3 Å². The van der Waals surface area contributed by atoms with Crippen LogP contribution in [0.15, 0.2) is 36.7 Å². The molecule has 0 N–H and O–H groups in total. The standard InChI is InChI=1S/C26H25ClFN5O/c1-14-15(2)31-26-23(30-14)11-22(32-25(26)20-6-3-18(27)10-21(20)28)16-7-8-34-24(9-16)17-12-29-33(13-17)19-4-5-19/h3,6,10-13,16,19,24H,4-5,7-9H2,1-2H3/t16-,24+/m1/s1. The quantitative estimate of drug-likeness (QED) is 0.346. The molecule has 0 radical (unpaired) electrons. The Bertz CT molecular complexity index is 1400. The second kappa shape index (κ2) is 8.40. The van der Waals surface area contributed by atoms with Crippen LogP contribution < -0.4 is 0 Å². The molecule has 1 saturated heterocycles. The summed E-state index contributed by atoms with van der Waals surface area (Å²) in [5, 5.41) is 4.88. The lowest BCUT2D eigenvalue weighted by Gasteiger charge is -2.29. The summed E-state index contributed by atoms with van der Waals surface area (Å²) in [6.07, 6.45) is 8.02. The molecule has 0 amide bonds. The molecule has 0 unspecified atom stereocenters. The van der Waals surface area contributed by atoms with Gasteiger partial charge in [0.05, 0.1) is 35.2 Å². The van der Waals surface area contributed by atoms with E-state index in [0.29, 0.717) is 34.4 Å². The molecule has 4 heterocycles. The molecule has 6 nitrogen and oxygen atoms in total. The summed E-state index contributed by atoms with van der Waals surface area (Å²) in [5.74, 6) is -0.263. The highest BCUT2D eigenvalue weighted by atomic mass is 35.5. The maximum Gasteiger partial charge on any atom is 0.134 e. The Labute approximate surface area is 202 Å². The van der Waals surface area contributed by atoms with E-state index in [4.69, 9.17) is 31.3 Å². The summed E-state index contributed by atoms with van der Waals surface area (Å²) in [6, 6.07) is 7.20. The second-order valence-corrected chi connectivity index (χ2v) is 9.78. The summed E-state index contributed by atoms with van der Waals surface area (Å²) in [7, 11) is 0. The highest BCUT2D eigenvalue weighted by Crippen LogP contribution is 2.40. The van der Waals surface area contributed by atoms with Gasteiger partial charge >= 0.3 is 0 Å². The van der Waals surface area contributed by atoms with Gasteiger partial charge in [0.25, 0.3) is 0 Å². The fourth-order valence-corrected chi connectivity index (χ4v) is 4.84. The van der Waals surface area contributed by atoms with E-state index >= 15 is 0 Å². The summed E-state index contributed by atoms with van der Waals surface area (Å²) in [6.45, 7) is 4.47. The van der Waals surface area contributed by atoms with Crippen molar-refractivity contribution in [3.05, 3.63) is 70.1 Å². The first-order valence-electron chi connectivity index (χ1n) is 11.7. The van der Waals surface area contributed by atoms with Crippen LogP contribution in [0.25, 0.3) is 22.3 Å². The molecule has 2 atom stereocenters. The summed E-state index contributed by atoms with van der Waals surface area (Å²) < 4.78 is 23.1. The molecule has 0 spiro atoms. The SMILES string of the molecule is Cc1nc2cc([C@@H]3CCO[C@H](c4cnn(C5CC5)c4)C3)nc(-c3ccc(Cl)cc3F)c2nc1C. The van der Waals surface area contributed by atoms with Crippen molar-refractivity contribution < 1.29 is 9.13 Å². The number of aromatic nitrogens is 5. The Hall–Kier alpha value is -2.90. The Kier molecular flexibility index (Phi) is 5.34. The Morgan fingerprint density at radius 3 is 2.68 bits per heavy atom. The minimum absolute atomic E-state index is 0.0368. The van der Waals surface area contributed by atoms with E-state index in [1.165, 1.54) is 18.9 Å². The molecular weight excluding hydrogens is 453 g/mol. The van der Waals surface area contributed by atoms with Gasteiger partial charge in [0.1, 0.15) is 17.0 Å². The molecule has 1 saturated carbocycles. The maximum absolute atomic E-state index is 15.0. The number of halogens is 2. The molecule has 2 aliphatic rings. The number of nitrogens with zero attached hydrogens (tertiary/aromatic N) is 5. The minimum atomic E-state index is -0.421. The molecule has 174 valence electrons. The van der Waals surface area contributed by atoms with Crippen LogP contribution in [0.1, 0.15) is 66.4 Å². The molecular formula is C26H25ClFN5O. The van der Waals surface area contributed by atoms with Crippen molar-refractivity contribution in [2.45, 2.75) is 57.6 Å². The summed E-state index contributed by atoms with van der Waals surface area (Å²) in [4.78, 5) is 14.5. The molecule has 34 heavy (non-hydrogen) atoms. The van der Waals surface area contributed by atoms with Gasteiger partial charge in [-0.1, -0.05) is 11.6 Å². The third kappa shape index (κ3) is 3.97. The predicted octanol–water partition coefficient (Wildman–Crippen LogP) is 6.27. The van der Waals surface area contributed by atoms with Gasteiger partial charge in [-0.15, -0.1) is 0 Å². The van der Waals surface area contributed by atoms with Crippen LogP contribution in [0, 0.1) is 19.7 Å². The summed E-state index contributed by atoms with van der Waals surface area (Å²) in [5.41, 5.74) is 5.85. The highest BCUT2D eigenvalue weighted by Gasteiger charge is 2.30. The molecule has 1 aliphatic carbocycles. The minimum Gasteiger partial charge on any atom is -0.373 e. The molecule has 1 aliphatic heterocycles. The van der Waals surface area contributed by atoms with E-state index in [1.807, 2.05) is 26.1 Å². The Morgan fingerprint density at radius 2 is 1.88 bits per heavy atom. The normalized spacial score (nSPS) is 20.7. The number of rotatable bonds is 4. The highest BCUT2D eigenvalue weighted by molar-refractivity contribution is 6.30. The monoisotopic (exact) mass is 477 g/mol. The van der Waals surface area contributed by atoms with E-state index in [0.717, 1.165) is 41.0 Å². The van der Waals surface area contributed by atoms with Crippen molar-refractivity contribution in [1.82, 2.24) is 24.7 Å². The largest absolute Gasteiger partial charge is 0.373 e. The molecule has 2 fully saturated rings. The van der Waals surface area contributed by atoms with Gasteiger partial charge in [0.2, 0.25) is 0 Å². The zero-order valence-corrected chi connectivity index (χ0v) is 19.9. The molecule has 4 aromatic rings. The van der Waals surface area contributed by atoms with Gasteiger partial charge in [-0.25, -0.2) is 19.3 Å². The lowest BCUT2D eigenvalue weighted by atomic mass is 9.89. The smallest absolute Gasteiger partial charge is 0.134 e. The first-order chi connectivity index (χ1) is 16.5. The molecule has 1 aromatic carbocycles. The number of hydrogen-bond donors (Lipinski definition) is 0. The van der Waals surface area contributed by atoms with Crippen LogP contribution in [-0.4, -0.2) is 31.3 Å². The van der Waals surface area contributed by atoms with Crippen LogP contribution in [-0.2, 0) is 4.74 Å². The topological polar surface area (TPSA) is 65.7 Å². The van der Waals surface area contributed by atoms with Crippen LogP contribution in [0.4, 0.5) is 4.39 Å². The van der Waals surface area contributed by atoms with Crippen LogP contribution >= 0.6 is 11.6 Å². The van der Waals surface area contributed by atoms with Crippen molar-refractivity contribution in [2.75, 3.05) is 6.61 Å². The first-order valence-corrected chi connectivity index (χ1v) is 12.1. The average molecular weight is 478 g/mol. The molecule has 3 aromatic heterocycles. The van der Waals surface area contributed by atoms with Crippen molar-refractivity contribution >= 4 is 22.6 Å². The van der Waals surface area contributed by atoms with Gasteiger partial charge < -0.3 is 4.74 Å². The lowest BCUT2D eigenvalue weighted by molar-refractivity contribution is 0.00462. The summed E-state index contributed by atoms with van der Waals surface area (Å²) >= 11 is 6.01. The van der Waals surface area contributed by atoms with Gasteiger partial charge in [-0.05, 0) is 63.8 Å². The predicted molar refractivity (Wildman–Crippen MR) is 128 cm³/mol. The lowest BCUT2D eigenvalue weighted by Crippen LogP contribution is -2.19. The van der Waals surface area contributed by atoms with E-state index in [9.17, 15) is 4.39 Å². The molecule has 0 bridgehead atoms. The van der Waals surface area contributed by atoms with Gasteiger partial charge in [0, 0.05) is 40.6 Å². The number of pyridine rings is 1. The van der Waals surface area contributed by atoms with Crippen molar-refractivity contribution in [2.24, 2.45) is 0 Å². The number of aryl methyl sites for hydroxylation is 2. The van der Waals surface area contributed by atoms with Gasteiger partial charge in [-0.3, -0.25) is 4.68 Å². The zero-order valence-electron chi connectivity index (χ0n) is 19.1. The van der Waals surface area contributed by atoms with E-state index < -0.39 is 5.82 Å². The van der Waals surface area contributed by atoms with E-state index in [1.54, 1.807) is 12.1 Å². The van der Waals surface area contributed by atoms with E-state index in [2.05, 4.69) is 16.0 Å². The fourth-order valence-electron chi connectivity index (χ4n) is 4.68. The number of ether oxygens (including phenoxy) is 1. The third-order valence-electron chi connectivity index (χ3n) is 6.89. The molecule has 8 heteroatoms. The third-order valence-corrected chi connectivity index (χ3v) is 7.12. The fraction of sp³-hybridized carbons (Fsp3) is 0.385. The Balaban J connectivity index is 1.41. The maximum atomic E-state index is 15.0. The number of benzene rings is 1. The number of fused-ring (bicyclic) bond motifs is 1. The van der Waals surface area contributed by atoms with E-state index in [-0.39, 0.29) is 12.0 Å². The van der Waals surface area contributed by atoms with Gasteiger partial charge in [0.15, 0.2) is 0 Å². The Morgan fingerprint density at radius 1 is 1.06 bits per heavy atom. The van der Waals surface area contributed by atoms with Gasteiger partial charge in [-0.2, -0.15) is 5.10 Å².